The first-order valence-corrected chi connectivity index (χ1v) is 16.3. The van der Waals surface area contributed by atoms with Crippen molar-refractivity contribution in [1.29, 1.82) is 0 Å². The molecule has 0 spiro atoms. The number of hydrogen-bond acceptors (Lipinski definition) is 7. The van der Waals surface area contributed by atoms with Gasteiger partial charge in [0, 0.05) is 6.07 Å². The summed E-state index contributed by atoms with van der Waals surface area (Å²) in [5.41, 5.74) is 1.78. The highest BCUT2D eigenvalue weighted by Gasteiger charge is 2.38. The molecule has 1 unspecified atom stereocenters. The quantitative estimate of drug-likeness (QED) is 0.128. The molecule has 0 aliphatic rings. The van der Waals surface area contributed by atoms with Gasteiger partial charge in [-0.25, -0.2) is 0 Å². The SMILES string of the molecule is C=CCC(O[Si](CC)(CC)CC)c1c(OCc2ccccc2)c(OC)c2c(OC)c(OC)cc(OC)c2c1OC. The van der Waals surface area contributed by atoms with E-state index in [1.165, 1.54) is 0 Å². The maximum Gasteiger partial charge on any atom is 0.192 e. The molecule has 0 aliphatic carbocycles. The minimum Gasteiger partial charge on any atom is -0.496 e. The monoisotopic (exact) mass is 568 g/mol. The van der Waals surface area contributed by atoms with E-state index in [4.69, 9.17) is 32.8 Å². The summed E-state index contributed by atoms with van der Waals surface area (Å²) >= 11 is 0. The van der Waals surface area contributed by atoms with Crippen LogP contribution in [0.2, 0.25) is 18.1 Å². The number of hydrogen-bond donors (Lipinski definition) is 0. The van der Waals surface area contributed by atoms with E-state index < -0.39 is 8.32 Å². The third kappa shape index (κ3) is 6.03. The molecule has 0 amide bonds. The molecule has 7 nitrogen and oxygen atoms in total. The predicted octanol–water partition coefficient (Wildman–Crippen LogP) is 8.10. The molecule has 0 heterocycles. The molecule has 1 atom stereocenters. The summed E-state index contributed by atoms with van der Waals surface area (Å²) in [6.07, 6.45) is 2.07. The van der Waals surface area contributed by atoms with Crippen molar-refractivity contribution in [3.63, 3.8) is 0 Å². The van der Waals surface area contributed by atoms with E-state index in [1.807, 2.05) is 36.4 Å². The van der Waals surface area contributed by atoms with Crippen LogP contribution in [0.15, 0.2) is 49.1 Å². The Hall–Kier alpha value is -3.36. The van der Waals surface area contributed by atoms with Gasteiger partial charge in [-0.1, -0.05) is 57.2 Å². The molecule has 0 aliphatic heterocycles. The molecule has 0 fully saturated rings. The van der Waals surface area contributed by atoms with E-state index in [0.29, 0.717) is 58.3 Å². The number of rotatable bonds is 16. The summed E-state index contributed by atoms with van der Waals surface area (Å²) in [4.78, 5) is 0. The van der Waals surface area contributed by atoms with Crippen molar-refractivity contribution in [2.75, 3.05) is 35.5 Å². The van der Waals surface area contributed by atoms with Gasteiger partial charge in [0.1, 0.15) is 18.1 Å². The largest absolute Gasteiger partial charge is 0.496 e. The second kappa shape index (κ2) is 14.3. The molecular weight excluding hydrogens is 524 g/mol. The Morgan fingerprint density at radius 1 is 0.725 bits per heavy atom. The van der Waals surface area contributed by atoms with Crippen molar-refractivity contribution in [1.82, 2.24) is 0 Å². The smallest absolute Gasteiger partial charge is 0.192 e. The van der Waals surface area contributed by atoms with Crippen LogP contribution in [-0.2, 0) is 11.0 Å². The van der Waals surface area contributed by atoms with E-state index >= 15 is 0 Å². The zero-order valence-corrected chi connectivity index (χ0v) is 26.2. The Labute approximate surface area is 240 Å². The lowest BCUT2D eigenvalue weighted by molar-refractivity contribution is 0.178. The molecule has 0 saturated heterocycles. The summed E-state index contributed by atoms with van der Waals surface area (Å²) in [6, 6.07) is 14.8. The molecule has 0 N–H and O–H groups in total. The lowest BCUT2D eigenvalue weighted by Gasteiger charge is -2.35. The van der Waals surface area contributed by atoms with Gasteiger partial charge in [0.25, 0.3) is 0 Å². The van der Waals surface area contributed by atoms with E-state index in [2.05, 4.69) is 27.4 Å². The first-order chi connectivity index (χ1) is 19.4. The fourth-order valence-corrected chi connectivity index (χ4v) is 8.12. The normalized spacial score (nSPS) is 12.1. The molecule has 0 bridgehead atoms. The number of methoxy groups -OCH3 is 5. The first-order valence-electron chi connectivity index (χ1n) is 13.8. The molecule has 0 radical (unpaired) electrons. The molecule has 3 rings (SSSR count). The van der Waals surface area contributed by atoms with Gasteiger partial charge < -0.3 is 32.8 Å². The third-order valence-electron chi connectivity index (χ3n) is 7.67. The van der Waals surface area contributed by atoms with Gasteiger partial charge in [0.15, 0.2) is 31.3 Å². The Balaban J connectivity index is 2.49. The molecule has 3 aromatic carbocycles. The molecule has 0 saturated carbocycles. The van der Waals surface area contributed by atoms with Gasteiger partial charge in [0.2, 0.25) is 0 Å². The number of ether oxygens (including phenoxy) is 6. The van der Waals surface area contributed by atoms with Crippen molar-refractivity contribution in [2.24, 2.45) is 0 Å². The average molecular weight is 569 g/mol. The third-order valence-corrected chi connectivity index (χ3v) is 12.3. The van der Waals surface area contributed by atoms with Crippen LogP contribution in [0.25, 0.3) is 10.8 Å². The lowest BCUT2D eigenvalue weighted by atomic mass is 9.95. The van der Waals surface area contributed by atoms with Crippen molar-refractivity contribution in [3.05, 3.63) is 60.2 Å². The Morgan fingerprint density at radius 3 is 1.82 bits per heavy atom. The number of fused-ring (bicyclic) bond motifs is 1. The van der Waals surface area contributed by atoms with E-state index in [0.717, 1.165) is 29.3 Å². The highest BCUT2D eigenvalue weighted by Crippen LogP contribution is 2.57. The highest BCUT2D eigenvalue weighted by molar-refractivity contribution is 6.73. The summed E-state index contributed by atoms with van der Waals surface area (Å²) in [7, 11) is 6.01. The second-order valence-corrected chi connectivity index (χ2v) is 14.2. The van der Waals surface area contributed by atoms with Crippen LogP contribution < -0.4 is 28.4 Å². The van der Waals surface area contributed by atoms with Crippen molar-refractivity contribution < 1.29 is 32.8 Å². The van der Waals surface area contributed by atoms with Crippen LogP contribution in [0, 0.1) is 0 Å². The zero-order chi connectivity index (χ0) is 29.3. The van der Waals surface area contributed by atoms with Crippen molar-refractivity contribution in [3.8, 4) is 34.5 Å². The van der Waals surface area contributed by atoms with Crippen molar-refractivity contribution in [2.45, 2.75) is 58.0 Å². The maximum absolute atomic E-state index is 7.13. The molecule has 3 aromatic rings. The summed E-state index contributed by atoms with van der Waals surface area (Å²) in [5, 5.41) is 1.32. The predicted molar refractivity (Wildman–Crippen MR) is 163 cm³/mol. The molecular formula is C32H44O7Si. The van der Waals surface area contributed by atoms with Crippen LogP contribution in [0.1, 0.15) is 44.4 Å². The van der Waals surface area contributed by atoms with Crippen LogP contribution >= 0.6 is 0 Å². The summed E-state index contributed by atoms with van der Waals surface area (Å²) < 4.78 is 43.5. The van der Waals surface area contributed by atoms with Gasteiger partial charge in [-0.3, -0.25) is 0 Å². The number of benzene rings is 3. The standard InChI is InChI=1S/C32H44O7Si/c1-10-17-23(39-40(11-2,12-3)13-4)27-30(36-8)26-24(33-5)20-25(34-6)29(35-7)28(26)31(37-9)32(27)38-21-22-18-15-14-16-19-22/h10,14-16,18-20,23H,1,11-13,17,21H2,2-9H3. The van der Waals surface area contributed by atoms with Crippen LogP contribution in [0.3, 0.4) is 0 Å². The first kappa shape index (κ1) is 31.2. The Bertz CT molecular complexity index is 1260. The van der Waals surface area contributed by atoms with E-state index in [1.54, 1.807) is 41.6 Å². The minimum absolute atomic E-state index is 0.320. The van der Waals surface area contributed by atoms with Gasteiger partial charge in [-0.05, 0) is 30.1 Å². The summed E-state index contributed by atoms with van der Waals surface area (Å²) in [6.45, 7) is 11.0. The van der Waals surface area contributed by atoms with Crippen LogP contribution in [0.4, 0.5) is 0 Å². The molecule has 8 heteroatoms. The Kier molecular flexibility index (Phi) is 11.2. The molecule has 0 aromatic heterocycles. The van der Waals surface area contributed by atoms with Gasteiger partial charge in [-0.15, -0.1) is 6.58 Å². The van der Waals surface area contributed by atoms with Crippen LogP contribution in [0.5, 0.6) is 34.5 Å². The topological polar surface area (TPSA) is 64.6 Å². The second-order valence-electron chi connectivity index (χ2n) is 9.52. The zero-order valence-electron chi connectivity index (χ0n) is 25.2. The lowest BCUT2D eigenvalue weighted by Crippen LogP contribution is -2.37. The Morgan fingerprint density at radius 2 is 1.32 bits per heavy atom. The molecule has 218 valence electrons. The van der Waals surface area contributed by atoms with Gasteiger partial charge in [-0.2, -0.15) is 0 Å². The fraction of sp³-hybridized carbons (Fsp3) is 0.438. The fourth-order valence-electron chi connectivity index (χ4n) is 5.30. The van der Waals surface area contributed by atoms with E-state index in [-0.39, 0.29) is 6.10 Å². The van der Waals surface area contributed by atoms with E-state index in [9.17, 15) is 0 Å². The van der Waals surface area contributed by atoms with Crippen molar-refractivity contribution >= 4 is 19.1 Å². The highest BCUT2D eigenvalue weighted by atomic mass is 28.4. The molecule has 40 heavy (non-hydrogen) atoms. The average Bonchev–Trinajstić information content (AvgIpc) is 3.00. The van der Waals surface area contributed by atoms with Crippen LogP contribution in [-0.4, -0.2) is 43.9 Å². The maximum atomic E-state index is 7.13. The minimum atomic E-state index is -2.07. The summed E-state index contributed by atoms with van der Waals surface area (Å²) in [5.74, 6) is 3.15. The van der Waals surface area contributed by atoms with Gasteiger partial charge >= 0.3 is 0 Å². The van der Waals surface area contributed by atoms with Gasteiger partial charge in [0.05, 0.1) is 58.0 Å².